The van der Waals surface area contributed by atoms with Crippen LogP contribution in [0.3, 0.4) is 0 Å². The van der Waals surface area contributed by atoms with Gasteiger partial charge in [0.25, 0.3) is 5.91 Å². The Kier molecular flexibility index (Phi) is 3.42. The maximum Gasteiger partial charge on any atom is 0.275 e. The molecule has 2 heterocycles. The van der Waals surface area contributed by atoms with E-state index in [9.17, 15) is 9.70 Å². The first-order valence-electron chi connectivity index (χ1n) is 6.39. The molecular weight excluding hydrogens is 268 g/mol. The zero-order chi connectivity index (χ0) is 14.7. The first kappa shape index (κ1) is 13.0. The molecule has 0 aliphatic heterocycles. The zero-order valence-electron chi connectivity index (χ0n) is 11.1. The van der Waals surface area contributed by atoms with Crippen LogP contribution in [0.5, 0.6) is 0 Å². The van der Waals surface area contributed by atoms with Gasteiger partial charge < -0.3 is 9.72 Å². The predicted octanol–water partition coefficient (Wildman–Crippen LogP) is 2.85. The molecule has 0 aliphatic carbocycles. The van der Waals surface area contributed by atoms with Gasteiger partial charge in [-0.25, -0.2) is 4.98 Å². The van der Waals surface area contributed by atoms with Crippen molar-refractivity contribution >= 4 is 17.2 Å². The Hall–Kier alpha value is -3.02. The lowest BCUT2D eigenvalue weighted by molar-refractivity contribution is 0.102. The van der Waals surface area contributed by atoms with Gasteiger partial charge in [0.1, 0.15) is 17.9 Å². The highest BCUT2D eigenvalue weighted by atomic mass is 16.3. The molecule has 0 fully saturated rings. The van der Waals surface area contributed by atoms with Gasteiger partial charge in [-0.1, -0.05) is 29.4 Å². The molecule has 0 atom stereocenters. The molecule has 6 heteroatoms. The van der Waals surface area contributed by atoms with Crippen molar-refractivity contribution in [3.05, 3.63) is 71.0 Å². The monoisotopic (exact) mass is 280 g/mol. The van der Waals surface area contributed by atoms with E-state index in [2.05, 4.69) is 15.5 Å². The van der Waals surface area contributed by atoms with Crippen LogP contribution in [0.1, 0.15) is 16.1 Å². The summed E-state index contributed by atoms with van der Waals surface area (Å²) in [7, 11) is 0. The maximum atomic E-state index is 12.1. The summed E-state index contributed by atoms with van der Waals surface area (Å²) in [6.07, 6.45) is 3.37. The van der Waals surface area contributed by atoms with Crippen LogP contribution in [0.15, 0.2) is 60.0 Å². The summed E-state index contributed by atoms with van der Waals surface area (Å²) in [6, 6.07) is 12.7. The van der Waals surface area contributed by atoms with E-state index in [1.165, 1.54) is 0 Å². The van der Waals surface area contributed by atoms with Gasteiger partial charge in [0.2, 0.25) is 0 Å². The van der Waals surface area contributed by atoms with Crippen molar-refractivity contribution in [2.24, 2.45) is 5.18 Å². The van der Waals surface area contributed by atoms with Crippen LogP contribution in [-0.4, -0.2) is 15.3 Å². The second kappa shape index (κ2) is 5.54. The van der Waals surface area contributed by atoms with Crippen LogP contribution >= 0.6 is 0 Å². The number of fused-ring (bicyclic) bond motifs is 1. The van der Waals surface area contributed by atoms with Crippen LogP contribution in [0, 0.1) is 4.91 Å². The van der Waals surface area contributed by atoms with Gasteiger partial charge in [0, 0.05) is 18.1 Å². The third-order valence-corrected chi connectivity index (χ3v) is 3.02. The summed E-state index contributed by atoms with van der Waals surface area (Å²) in [6.45, 7) is 0.0969. The van der Waals surface area contributed by atoms with Crippen molar-refractivity contribution in [2.75, 3.05) is 5.32 Å². The number of rotatable bonds is 4. The Morgan fingerprint density at radius 1 is 1.14 bits per heavy atom. The zero-order valence-corrected chi connectivity index (χ0v) is 11.1. The fourth-order valence-corrected chi connectivity index (χ4v) is 2.03. The minimum Gasteiger partial charge on any atom is -0.321 e. The molecule has 0 aliphatic rings. The molecule has 6 nitrogen and oxygen atoms in total. The second-order valence-corrected chi connectivity index (χ2v) is 4.54. The molecule has 1 amide bonds. The minimum atomic E-state index is -0.278. The van der Waals surface area contributed by atoms with Crippen molar-refractivity contribution in [2.45, 2.75) is 6.54 Å². The molecule has 3 aromatic rings. The van der Waals surface area contributed by atoms with E-state index in [0.29, 0.717) is 17.0 Å². The number of para-hydroxylation sites is 1. The van der Waals surface area contributed by atoms with Gasteiger partial charge in [-0.05, 0) is 23.8 Å². The second-order valence-electron chi connectivity index (χ2n) is 4.54. The number of carbonyl (C=O) groups is 1. The number of amides is 1. The number of pyridine rings is 1. The summed E-state index contributed by atoms with van der Waals surface area (Å²) >= 11 is 0. The van der Waals surface area contributed by atoms with Crippen LogP contribution in [-0.2, 0) is 6.54 Å². The fraction of sp³-hybridized carbons (Fsp3) is 0.0667. The number of hydrogen-bond donors (Lipinski definition) is 1. The van der Waals surface area contributed by atoms with Gasteiger partial charge in [-0.15, -0.1) is 0 Å². The topological polar surface area (TPSA) is 75.8 Å². The SMILES string of the molecule is O=NCc1ccc2nc(C(=O)Nc3ccccc3)cn2c1. The van der Waals surface area contributed by atoms with E-state index in [4.69, 9.17) is 0 Å². The number of imidazole rings is 1. The number of nitrogens with zero attached hydrogens (tertiary/aromatic N) is 3. The highest BCUT2D eigenvalue weighted by Crippen LogP contribution is 2.11. The van der Waals surface area contributed by atoms with E-state index in [-0.39, 0.29) is 12.5 Å². The van der Waals surface area contributed by atoms with Crippen molar-refractivity contribution in [3.8, 4) is 0 Å². The smallest absolute Gasteiger partial charge is 0.275 e. The Morgan fingerprint density at radius 3 is 2.71 bits per heavy atom. The van der Waals surface area contributed by atoms with Crippen molar-refractivity contribution in [1.82, 2.24) is 9.38 Å². The molecule has 3 rings (SSSR count). The third kappa shape index (κ3) is 2.79. The van der Waals surface area contributed by atoms with Crippen LogP contribution in [0.2, 0.25) is 0 Å². The van der Waals surface area contributed by atoms with Crippen LogP contribution < -0.4 is 5.32 Å². The Balaban J connectivity index is 1.86. The van der Waals surface area contributed by atoms with E-state index < -0.39 is 0 Å². The van der Waals surface area contributed by atoms with Crippen molar-refractivity contribution in [3.63, 3.8) is 0 Å². The third-order valence-electron chi connectivity index (χ3n) is 3.02. The summed E-state index contributed by atoms with van der Waals surface area (Å²) in [5.74, 6) is -0.278. The molecule has 0 radical (unpaired) electrons. The molecule has 0 saturated heterocycles. The first-order valence-corrected chi connectivity index (χ1v) is 6.39. The maximum absolute atomic E-state index is 12.1. The number of benzene rings is 1. The molecule has 0 bridgehead atoms. The molecule has 0 saturated carbocycles. The number of nitroso groups, excluding NO2 is 1. The largest absolute Gasteiger partial charge is 0.321 e. The van der Waals surface area contributed by atoms with Gasteiger partial charge in [0.15, 0.2) is 0 Å². The molecule has 104 valence electrons. The molecule has 2 aromatic heterocycles. The number of nitrogens with one attached hydrogen (secondary N) is 1. The lowest BCUT2D eigenvalue weighted by atomic mass is 10.3. The average molecular weight is 280 g/mol. The minimum absolute atomic E-state index is 0.0969. The first-order chi connectivity index (χ1) is 10.3. The average Bonchev–Trinajstić information content (AvgIpc) is 2.92. The molecule has 1 N–H and O–H groups in total. The van der Waals surface area contributed by atoms with Gasteiger partial charge >= 0.3 is 0 Å². The van der Waals surface area contributed by atoms with Crippen molar-refractivity contribution < 1.29 is 4.79 Å². The Bertz CT molecular complexity index is 796. The number of anilines is 1. The Morgan fingerprint density at radius 2 is 1.95 bits per heavy atom. The highest BCUT2D eigenvalue weighted by molar-refractivity contribution is 6.03. The van der Waals surface area contributed by atoms with E-state index in [1.807, 2.05) is 30.3 Å². The molecule has 0 spiro atoms. The number of aromatic nitrogens is 2. The lowest BCUT2D eigenvalue weighted by Gasteiger charge is -2.01. The molecule has 21 heavy (non-hydrogen) atoms. The standard InChI is InChI=1S/C15H12N4O2/c20-15(17-12-4-2-1-3-5-12)13-10-19-9-11(8-16-21)6-7-14(19)18-13/h1-7,9-10H,8H2,(H,17,20). The van der Waals surface area contributed by atoms with E-state index in [1.54, 1.807) is 28.9 Å². The highest BCUT2D eigenvalue weighted by Gasteiger charge is 2.11. The summed E-state index contributed by atoms with van der Waals surface area (Å²) < 4.78 is 1.71. The molecular formula is C15H12N4O2. The molecule has 0 unspecified atom stereocenters. The lowest BCUT2D eigenvalue weighted by Crippen LogP contribution is -2.11. The summed E-state index contributed by atoms with van der Waals surface area (Å²) in [5.41, 5.74) is 2.44. The normalized spacial score (nSPS) is 10.5. The van der Waals surface area contributed by atoms with Gasteiger partial charge in [0.05, 0.1) is 0 Å². The quantitative estimate of drug-likeness (QED) is 0.746. The number of carbonyl (C=O) groups excluding carboxylic acids is 1. The van der Waals surface area contributed by atoms with Crippen LogP contribution in [0.4, 0.5) is 5.69 Å². The Labute approximate surface area is 120 Å². The summed E-state index contributed by atoms with van der Waals surface area (Å²) in [4.78, 5) is 26.7. The number of hydrogen-bond acceptors (Lipinski definition) is 4. The predicted molar refractivity (Wildman–Crippen MR) is 79.1 cm³/mol. The van der Waals surface area contributed by atoms with Crippen molar-refractivity contribution in [1.29, 1.82) is 0 Å². The molecule has 1 aromatic carbocycles. The fourth-order valence-electron chi connectivity index (χ4n) is 2.03. The van der Waals surface area contributed by atoms with E-state index >= 15 is 0 Å². The van der Waals surface area contributed by atoms with Crippen LogP contribution in [0.25, 0.3) is 5.65 Å². The van der Waals surface area contributed by atoms with E-state index in [0.717, 1.165) is 5.56 Å². The van der Waals surface area contributed by atoms with Gasteiger partial charge in [-0.3, -0.25) is 4.79 Å². The summed E-state index contributed by atoms with van der Waals surface area (Å²) in [5, 5.41) is 5.62. The van der Waals surface area contributed by atoms with Gasteiger partial charge in [-0.2, -0.15) is 4.91 Å².